The molecule has 2 fully saturated rings. The molecule has 2 atom stereocenters. The Morgan fingerprint density at radius 1 is 1.00 bits per heavy atom. The summed E-state index contributed by atoms with van der Waals surface area (Å²) in [6.45, 7) is 0.748. The molecule has 2 saturated heterocycles. The molecule has 1 aromatic heterocycles. The van der Waals surface area contributed by atoms with Gasteiger partial charge in [0.2, 0.25) is 11.8 Å². The number of aliphatic imine (C=N–C) groups is 1. The van der Waals surface area contributed by atoms with Crippen molar-refractivity contribution in [1.82, 2.24) is 14.8 Å². The van der Waals surface area contributed by atoms with E-state index >= 15 is 0 Å². The smallest absolute Gasteiger partial charge is 0.410 e. The molecule has 9 nitrogen and oxygen atoms in total. The van der Waals surface area contributed by atoms with E-state index in [1.807, 2.05) is 30.3 Å². The zero-order valence-corrected chi connectivity index (χ0v) is 25.0. The lowest BCUT2D eigenvalue weighted by Gasteiger charge is -2.23. The molecule has 11 heteroatoms. The predicted molar refractivity (Wildman–Crippen MR) is 170 cm³/mol. The summed E-state index contributed by atoms with van der Waals surface area (Å²) in [5.41, 5.74) is 3.39. The highest BCUT2D eigenvalue weighted by Crippen LogP contribution is 2.41. The molecule has 1 unspecified atom stereocenters. The third kappa shape index (κ3) is 7.21. The maximum atomic E-state index is 13.9. The van der Waals surface area contributed by atoms with Crippen LogP contribution in [0.15, 0.2) is 108 Å². The molecule has 228 valence electrons. The topological polar surface area (TPSA) is 104 Å². The Bertz CT molecular complexity index is 1700. The average Bonchev–Trinajstić information content (AvgIpc) is 3.67. The van der Waals surface area contributed by atoms with Crippen LogP contribution in [0.3, 0.4) is 0 Å². The molecule has 0 bridgehead atoms. The van der Waals surface area contributed by atoms with Crippen molar-refractivity contribution in [2.75, 3.05) is 11.9 Å². The number of nitrogens with zero attached hydrogens (tertiary/aromatic N) is 4. The van der Waals surface area contributed by atoms with Crippen LogP contribution in [0.4, 0.5) is 20.6 Å². The van der Waals surface area contributed by atoms with Gasteiger partial charge in [0, 0.05) is 18.4 Å². The summed E-state index contributed by atoms with van der Waals surface area (Å²) in [5.74, 6) is -0.855. The molecule has 0 radical (unpaired) electrons. The number of benzene rings is 3. The van der Waals surface area contributed by atoms with Crippen LogP contribution < -0.4 is 5.32 Å². The van der Waals surface area contributed by atoms with Crippen molar-refractivity contribution in [3.8, 4) is 0 Å². The summed E-state index contributed by atoms with van der Waals surface area (Å²) in [7, 11) is 0. The fourth-order valence-corrected chi connectivity index (χ4v) is 6.45. The van der Waals surface area contributed by atoms with Gasteiger partial charge in [-0.2, -0.15) is 0 Å². The average molecular weight is 624 g/mol. The molecular formula is C34H30FN5O4S. The molecule has 0 spiro atoms. The third-order valence-electron chi connectivity index (χ3n) is 7.52. The van der Waals surface area contributed by atoms with Crippen molar-refractivity contribution in [1.29, 1.82) is 0 Å². The number of carbonyl (C=O) groups excluding carboxylic acids is 3. The van der Waals surface area contributed by atoms with E-state index in [4.69, 9.17) is 4.74 Å². The maximum absolute atomic E-state index is 13.9. The van der Waals surface area contributed by atoms with Crippen molar-refractivity contribution in [2.24, 2.45) is 4.99 Å². The van der Waals surface area contributed by atoms with Crippen LogP contribution in [0.25, 0.3) is 0 Å². The monoisotopic (exact) mass is 623 g/mol. The van der Waals surface area contributed by atoms with E-state index in [2.05, 4.69) is 15.3 Å². The minimum Gasteiger partial charge on any atom is -0.445 e. The van der Waals surface area contributed by atoms with E-state index in [1.165, 1.54) is 28.8 Å². The number of rotatable bonds is 8. The summed E-state index contributed by atoms with van der Waals surface area (Å²) in [5, 5.41) is 2.81. The van der Waals surface area contributed by atoms with Gasteiger partial charge in [-0.1, -0.05) is 66.4 Å². The lowest BCUT2D eigenvalue weighted by molar-refractivity contribution is -0.126. The zero-order valence-electron chi connectivity index (χ0n) is 24.2. The van der Waals surface area contributed by atoms with Crippen LogP contribution in [-0.4, -0.2) is 50.4 Å². The van der Waals surface area contributed by atoms with Gasteiger partial charge in [0.05, 0.1) is 18.4 Å². The van der Waals surface area contributed by atoms with Crippen LogP contribution >= 0.6 is 11.8 Å². The van der Waals surface area contributed by atoms with Crippen molar-refractivity contribution in [3.05, 3.63) is 126 Å². The number of amides is 3. The van der Waals surface area contributed by atoms with Gasteiger partial charge >= 0.3 is 6.09 Å². The molecule has 6 rings (SSSR count). The van der Waals surface area contributed by atoms with Crippen molar-refractivity contribution in [3.63, 3.8) is 0 Å². The summed E-state index contributed by atoms with van der Waals surface area (Å²) in [6.07, 6.45) is 3.98. The first-order valence-electron chi connectivity index (χ1n) is 14.5. The minimum absolute atomic E-state index is 0.137. The van der Waals surface area contributed by atoms with Crippen LogP contribution in [-0.2, 0) is 27.5 Å². The fourth-order valence-electron chi connectivity index (χ4n) is 5.27. The Morgan fingerprint density at radius 3 is 2.56 bits per heavy atom. The molecule has 1 N–H and O–H groups in total. The van der Waals surface area contributed by atoms with Crippen LogP contribution in [0.2, 0.25) is 0 Å². The lowest BCUT2D eigenvalue weighted by atomic mass is 10.1. The first-order chi connectivity index (χ1) is 21.9. The Morgan fingerprint density at radius 2 is 1.80 bits per heavy atom. The Hall–Kier alpha value is -5.03. The fraction of sp³-hybridized carbons (Fsp3) is 0.206. The first kappa shape index (κ1) is 30.0. The van der Waals surface area contributed by atoms with Gasteiger partial charge in [0.15, 0.2) is 5.17 Å². The Labute approximate surface area is 264 Å². The van der Waals surface area contributed by atoms with Crippen molar-refractivity contribution < 1.29 is 23.5 Å². The van der Waals surface area contributed by atoms with Crippen LogP contribution in [0.1, 0.15) is 34.8 Å². The quantitative estimate of drug-likeness (QED) is 0.242. The Balaban J connectivity index is 1.13. The van der Waals surface area contributed by atoms with Crippen molar-refractivity contribution in [2.45, 2.75) is 37.3 Å². The standard InChI is InChI=1S/C34H30FN5O4S/c35-26-10-4-9-24(19-26)21-40-32(42)30(45-33(40)38-28-11-5-17-36-20-28)25-13-15-27(16-14-25)37-31(41)29-12-6-18-39(29)34(43)44-22-23-7-2-1-3-8-23/h1-5,7-11,13-17,19-20,29-30H,6,12,18,21-22H2,(H,37,41)/t29-,30?/m0/s1. The minimum atomic E-state index is -0.637. The predicted octanol–water partition coefficient (Wildman–Crippen LogP) is 6.46. The molecule has 45 heavy (non-hydrogen) atoms. The second-order valence-corrected chi connectivity index (χ2v) is 11.7. The van der Waals surface area contributed by atoms with E-state index < -0.39 is 17.4 Å². The number of hydrogen-bond acceptors (Lipinski definition) is 7. The Kier molecular flexibility index (Phi) is 9.16. The molecule has 2 aliphatic rings. The lowest BCUT2D eigenvalue weighted by Crippen LogP contribution is -2.43. The number of thioether (sulfide) groups is 1. The van der Waals surface area contributed by atoms with E-state index in [-0.39, 0.29) is 30.8 Å². The van der Waals surface area contributed by atoms with E-state index in [1.54, 1.807) is 65.8 Å². The number of amidine groups is 1. The summed E-state index contributed by atoms with van der Waals surface area (Å²) < 4.78 is 19.4. The highest BCUT2D eigenvalue weighted by molar-refractivity contribution is 8.15. The highest BCUT2D eigenvalue weighted by atomic mass is 32.2. The molecule has 0 saturated carbocycles. The van der Waals surface area contributed by atoms with Crippen LogP contribution in [0.5, 0.6) is 0 Å². The molecule has 3 amide bonds. The molecular weight excluding hydrogens is 593 g/mol. The van der Waals surface area contributed by atoms with Gasteiger partial charge in [-0.3, -0.25) is 24.4 Å². The molecule has 0 aliphatic carbocycles. The number of halogens is 1. The SMILES string of the molecule is O=C(Nc1ccc(C2SC(=Nc3cccnc3)N(Cc3cccc(F)c3)C2=O)cc1)[C@@H]1CCCN1C(=O)OCc1ccccc1. The van der Waals surface area contributed by atoms with Gasteiger partial charge in [0.1, 0.15) is 23.7 Å². The summed E-state index contributed by atoms with van der Waals surface area (Å²) >= 11 is 1.30. The summed E-state index contributed by atoms with van der Waals surface area (Å²) in [6, 6.07) is 25.5. The number of ether oxygens (including phenoxy) is 1. The van der Waals surface area contributed by atoms with E-state index in [0.717, 1.165) is 11.1 Å². The zero-order chi connectivity index (χ0) is 31.2. The number of carbonyl (C=O) groups is 3. The summed E-state index contributed by atoms with van der Waals surface area (Å²) in [4.78, 5) is 51.4. The number of pyridine rings is 1. The molecule has 4 aromatic rings. The van der Waals surface area contributed by atoms with Gasteiger partial charge in [-0.05, 0) is 65.9 Å². The highest BCUT2D eigenvalue weighted by Gasteiger charge is 2.39. The van der Waals surface area contributed by atoms with E-state index in [0.29, 0.717) is 41.5 Å². The third-order valence-corrected chi connectivity index (χ3v) is 8.75. The second-order valence-electron chi connectivity index (χ2n) is 10.7. The number of hydrogen-bond donors (Lipinski definition) is 1. The maximum Gasteiger partial charge on any atom is 0.410 e. The molecule has 2 aliphatic heterocycles. The van der Waals surface area contributed by atoms with Gasteiger partial charge < -0.3 is 10.1 Å². The second kappa shape index (κ2) is 13.7. The number of aromatic nitrogens is 1. The van der Waals surface area contributed by atoms with Crippen LogP contribution in [0, 0.1) is 5.82 Å². The van der Waals surface area contributed by atoms with Gasteiger partial charge in [-0.25, -0.2) is 14.2 Å². The van der Waals surface area contributed by atoms with Gasteiger partial charge in [-0.15, -0.1) is 0 Å². The number of anilines is 1. The normalized spacial score (nSPS) is 18.8. The first-order valence-corrected chi connectivity index (χ1v) is 15.4. The molecule has 3 heterocycles. The number of likely N-dealkylation sites (tertiary alicyclic amines) is 1. The number of nitrogens with one attached hydrogen (secondary N) is 1. The van der Waals surface area contributed by atoms with Gasteiger partial charge in [0.25, 0.3) is 0 Å². The van der Waals surface area contributed by atoms with Crippen molar-refractivity contribution >= 4 is 46.2 Å². The molecule has 3 aromatic carbocycles. The van der Waals surface area contributed by atoms with E-state index in [9.17, 15) is 18.8 Å². The largest absolute Gasteiger partial charge is 0.445 e.